The van der Waals surface area contributed by atoms with E-state index in [9.17, 15) is 4.79 Å². The number of carbonyl (C=O) groups is 1. The summed E-state index contributed by atoms with van der Waals surface area (Å²) >= 11 is 0. The van der Waals surface area contributed by atoms with Gasteiger partial charge in [-0.25, -0.2) is 4.79 Å². The van der Waals surface area contributed by atoms with Gasteiger partial charge in [0.1, 0.15) is 0 Å². The molecule has 0 unspecified atom stereocenters. The van der Waals surface area contributed by atoms with Crippen molar-refractivity contribution in [3.63, 3.8) is 0 Å². The Hall–Kier alpha value is -2.23. The van der Waals surface area contributed by atoms with Gasteiger partial charge in [-0.1, -0.05) is 6.92 Å². The minimum Gasteiger partial charge on any atom is -0.325 e. The van der Waals surface area contributed by atoms with Gasteiger partial charge in [0, 0.05) is 36.9 Å². The van der Waals surface area contributed by atoms with Crippen LogP contribution in [0.25, 0.3) is 5.69 Å². The van der Waals surface area contributed by atoms with E-state index < -0.39 is 0 Å². The van der Waals surface area contributed by atoms with E-state index in [0.717, 1.165) is 43.2 Å². The lowest BCUT2D eigenvalue weighted by Gasteiger charge is -2.30. The molecule has 21 heavy (non-hydrogen) atoms. The molecule has 0 bridgehead atoms. The fraction of sp³-hybridized carbons (Fsp3) is 0.353. The van der Waals surface area contributed by atoms with Crippen molar-refractivity contribution in [3.8, 4) is 5.69 Å². The Morgan fingerprint density at radius 1 is 1.10 bits per heavy atom. The third-order valence-corrected chi connectivity index (χ3v) is 4.09. The van der Waals surface area contributed by atoms with E-state index >= 15 is 0 Å². The van der Waals surface area contributed by atoms with E-state index in [1.165, 1.54) is 0 Å². The number of benzene rings is 1. The molecule has 4 heteroatoms. The number of rotatable bonds is 2. The summed E-state index contributed by atoms with van der Waals surface area (Å²) in [4.78, 5) is 14.1. The number of hydrogen-bond acceptors (Lipinski definition) is 1. The van der Waals surface area contributed by atoms with Crippen LogP contribution >= 0.6 is 0 Å². The SMILES string of the molecule is CC1CCN(C(=O)Nc2ccc(-n3cccc3)cc2)CC1. The number of amides is 2. The summed E-state index contributed by atoms with van der Waals surface area (Å²) in [6.45, 7) is 3.96. The largest absolute Gasteiger partial charge is 0.325 e. The molecule has 0 atom stereocenters. The second kappa shape index (κ2) is 6.04. The zero-order valence-corrected chi connectivity index (χ0v) is 12.3. The summed E-state index contributed by atoms with van der Waals surface area (Å²) in [5, 5.41) is 2.98. The summed E-state index contributed by atoms with van der Waals surface area (Å²) in [6.07, 6.45) is 6.20. The Bertz CT molecular complexity index is 581. The summed E-state index contributed by atoms with van der Waals surface area (Å²) in [7, 11) is 0. The van der Waals surface area contributed by atoms with E-state index in [1.807, 2.05) is 58.3 Å². The third-order valence-electron chi connectivity index (χ3n) is 4.09. The number of likely N-dealkylation sites (tertiary alicyclic amines) is 1. The maximum Gasteiger partial charge on any atom is 0.321 e. The molecule has 1 saturated heterocycles. The van der Waals surface area contributed by atoms with Crippen molar-refractivity contribution in [2.24, 2.45) is 5.92 Å². The Morgan fingerprint density at radius 3 is 2.33 bits per heavy atom. The molecule has 2 amide bonds. The lowest BCUT2D eigenvalue weighted by Crippen LogP contribution is -2.40. The number of hydrogen-bond donors (Lipinski definition) is 1. The van der Waals surface area contributed by atoms with Crippen LogP contribution < -0.4 is 5.32 Å². The maximum absolute atomic E-state index is 12.2. The lowest BCUT2D eigenvalue weighted by molar-refractivity contribution is 0.186. The summed E-state index contributed by atoms with van der Waals surface area (Å²) in [5.74, 6) is 0.731. The second-order valence-corrected chi connectivity index (χ2v) is 5.74. The van der Waals surface area contributed by atoms with Gasteiger partial charge in [-0.15, -0.1) is 0 Å². The van der Waals surface area contributed by atoms with Crippen molar-refractivity contribution in [3.05, 3.63) is 48.8 Å². The summed E-state index contributed by atoms with van der Waals surface area (Å²) in [5.41, 5.74) is 1.93. The van der Waals surface area contributed by atoms with Gasteiger partial charge in [0.15, 0.2) is 0 Å². The van der Waals surface area contributed by atoms with E-state index in [1.54, 1.807) is 0 Å². The van der Waals surface area contributed by atoms with Crippen LogP contribution in [0.15, 0.2) is 48.8 Å². The van der Waals surface area contributed by atoms with E-state index in [0.29, 0.717) is 0 Å². The number of piperidine rings is 1. The smallest absolute Gasteiger partial charge is 0.321 e. The van der Waals surface area contributed by atoms with Crippen molar-refractivity contribution in [2.75, 3.05) is 18.4 Å². The zero-order valence-electron chi connectivity index (χ0n) is 12.3. The summed E-state index contributed by atoms with van der Waals surface area (Å²) in [6, 6.07) is 11.9. The van der Waals surface area contributed by atoms with Gasteiger partial charge in [-0.05, 0) is 55.2 Å². The average Bonchev–Trinajstić information content (AvgIpc) is 3.03. The molecule has 1 fully saturated rings. The highest BCUT2D eigenvalue weighted by Gasteiger charge is 2.20. The van der Waals surface area contributed by atoms with Crippen molar-refractivity contribution in [1.82, 2.24) is 9.47 Å². The molecule has 1 aliphatic heterocycles. The fourth-order valence-electron chi connectivity index (χ4n) is 2.64. The van der Waals surface area contributed by atoms with E-state index in [-0.39, 0.29) is 6.03 Å². The fourth-order valence-corrected chi connectivity index (χ4v) is 2.64. The highest BCUT2D eigenvalue weighted by molar-refractivity contribution is 5.89. The monoisotopic (exact) mass is 283 g/mol. The molecule has 110 valence electrons. The minimum atomic E-state index is 0.00983. The molecule has 0 radical (unpaired) electrons. The Morgan fingerprint density at radius 2 is 1.71 bits per heavy atom. The van der Waals surface area contributed by atoms with Gasteiger partial charge >= 0.3 is 6.03 Å². The normalized spacial score (nSPS) is 16.0. The van der Waals surface area contributed by atoms with Crippen LogP contribution in [0.1, 0.15) is 19.8 Å². The van der Waals surface area contributed by atoms with Crippen LogP contribution in [-0.4, -0.2) is 28.6 Å². The topological polar surface area (TPSA) is 37.3 Å². The predicted octanol–water partition coefficient (Wildman–Crippen LogP) is 3.74. The molecule has 1 N–H and O–H groups in total. The molecule has 2 heterocycles. The molecule has 3 rings (SSSR count). The Balaban J connectivity index is 1.61. The van der Waals surface area contributed by atoms with Crippen molar-refractivity contribution in [2.45, 2.75) is 19.8 Å². The Labute approximate surface area is 125 Å². The van der Waals surface area contributed by atoms with Crippen LogP contribution in [-0.2, 0) is 0 Å². The number of nitrogens with zero attached hydrogens (tertiary/aromatic N) is 2. The molecule has 4 nitrogen and oxygen atoms in total. The van der Waals surface area contributed by atoms with Crippen LogP contribution in [0.2, 0.25) is 0 Å². The number of urea groups is 1. The highest BCUT2D eigenvalue weighted by atomic mass is 16.2. The number of aromatic nitrogens is 1. The van der Waals surface area contributed by atoms with Crippen LogP contribution in [0.4, 0.5) is 10.5 Å². The molecule has 2 aromatic rings. The van der Waals surface area contributed by atoms with Crippen molar-refractivity contribution in [1.29, 1.82) is 0 Å². The molecular weight excluding hydrogens is 262 g/mol. The molecule has 1 aromatic heterocycles. The van der Waals surface area contributed by atoms with Crippen molar-refractivity contribution >= 4 is 11.7 Å². The van der Waals surface area contributed by atoms with Gasteiger partial charge in [0.05, 0.1) is 0 Å². The average molecular weight is 283 g/mol. The van der Waals surface area contributed by atoms with Crippen LogP contribution in [0.3, 0.4) is 0 Å². The first-order valence-corrected chi connectivity index (χ1v) is 7.52. The molecular formula is C17H21N3O. The van der Waals surface area contributed by atoms with E-state index in [2.05, 4.69) is 12.2 Å². The first-order valence-electron chi connectivity index (χ1n) is 7.52. The van der Waals surface area contributed by atoms with E-state index in [4.69, 9.17) is 0 Å². The van der Waals surface area contributed by atoms with Gasteiger partial charge in [-0.2, -0.15) is 0 Å². The highest BCUT2D eigenvalue weighted by Crippen LogP contribution is 2.18. The predicted molar refractivity (Wildman–Crippen MR) is 84.8 cm³/mol. The molecule has 0 aliphatic carbocycles. The van der Waals surface area contributed by atoms with Crippen LogP contribution in [0.5, 0.6) is 0 Å². The molecule has 0 saturated carbocycles. The second-order valence-electron chi connectivity index (χ2n) is 5.74. The lowest BCUT2D eigenvalue weighted by atomic mass is 10.00. The standard InChI is InChI=1S/C17H21N3O/c1-14-8-12-20(13-9-14)17(21)18-15-4-6-16(7-5-15)19-10-2-3-11-19/h2-7,10-11,14H,8-9,12-13H2,1H3,(H,18,21). The maximum atomic E-state index is 12.2. The number of anilines is 1. The van der Waals surface area contributed by atoms with Gasteiger partial charge in [-0.3, -0.25) is 0 Å². The first kappa shape index (κ1) is 13.7. The third kappa shape index (κ3) is 3.27. The summed E-state index contributed by atoms with van der Waals surface area (Å²) < 4.78 is 2.04. The zero-order chi connectivity index (χ0) is 14.7. The number of nitrogens with one attached hydrogen (secondary N) is 1. The van der Waals surface area contributed by atoms with Gasteiger partial charge in [0.2, 0.25) is 0 Å². The molecule has 0 spiro atoms. The molecule has 1 aromatic carbocycles. The molecule has 1 aliphatic rings. The Kier molecular flexibility index (Phi) is 3.95. The van der Waals surface area contributed by atoms with Crippen molar-refractivity contribution < 1.29 is 4.79 Å². The van der Waals surface area contributed by atoms with Gasteiger partial charge < -0.3 is 14.8 Å². The number of carbonyl (C=O) groups excluding carboxylic acids is 1. The quantitative estimate of drug-likeness (QED) is 0.895. The minimum absolute atomic E-state index is 0.00983. The first-order chi connectivity index (χ1) is 10.2. The van der Waals surface area contributed by atoms with Gasteiger partial charge in [0.25, 0.3) is 0 Å². The van der Waals surface area contributed by atoms with Crippen LogP contribution in [0, 0.1) is 5.92 Å².